The molecule has 0 N–H and O–H groups in total. The molecule has 6 heteroatoms. The third-order valence-corrected chi connectivity index (χ3v) is 6.31. The van der Waals surface area contributed by atoms with Crippen LogP contribution in [0.3, 0.4) is 0 Å². The molecule has 25 heavy (non-hydrogen) atoms. The minimum atomic E-state index is -0.0633. The van der Waals surface area contributed by atoms with Gasteiger partial charge in [-0.15, -0.1) is 22.7 Å². The fourth-order valence-electron chi connectivity index (χ4n) is 3.13. The zero-order valence-corrected chi connectivity index (χ0v) is 15.1. The lowest BCUT2D eigenvalue weighted by Crippen LogP contribution is -2.44. The number of hydrogen-bond acceptors (Lipinski definition) is 6. The highest BCUT2D eigenvalue weighted by atomic mass is 32.1. The van der Waals surface area contributed by atoms with E-state index in [1.54, 1.807) is 22.7 Å². The van der Waals surface area contributed by atoms with Gasteiger partial charge in [0.1, 0.15) is 11.9 Å². The predicted octanol–water partition coefficient (Wildman–Crippen LogP) is 4.53. The highest BCUT2D eigenvalue weighted by Crippen LogP contribution is 2.35. The van der Waals surface area contributed by atoms with E-state index in [1.165, 1.54) is 11.3 Å². The van der Waals surface area contributed by atoms with Crippen molar-refractivity contribution in [2.75, 3.05) is 13.1 Å². The molecule has 1 unspecified atom stereocenters. The monoisotopic (exact) mass is 364 g/mol. The number of fused-ring (bicyclic) bond motifs is 1. The zero-order valence-electron chi connectivity index (χ0n) is 13.5. The van der Waals surface area contributed by atoms with Gasteiger partial charge in [0.2, 0.25) is 0 Å². The van der Waals surface area contributed by atoms with Crippen LogP contribution in [0.2, 0.25) is 0 Å². The van der Waals surface area contributed by atoms with Crippen LogP contribution in [-0.2, 0) is 0 Å². The second-order valence-electron chi connectivity index (χ2n) is 6.06. The van der Waals surface area contributed by atoms with Crippen LogP contribution in [0.4, 0.5) is 5.82 Å². The lowest BCUT2D eigenvalue weighted by molar-refractivity contribution is 0.291. The van der Waals surface area contributed by atoms with Gasteiger partial charge in [-0.05, 0) is 41.4 Å². The van der Waals surface area contributed by atoms with E-state index in [0.717, 1.165) is 40.9 Å². The Bertz CT molecular complexity index is 938. The van der Waals surface area contributed by atoms with Gasteiger partial charge in [0.05, 0.1) is 10.6 Å². The Morgan fingerprint density at radius 3 is 2.60 bits per heavy atom. The van der Waals surface area contributed by atoms with E-state index in [-0.39, 0.29) is 6.04 Å². The van der Waals surface area contributed by atoms with Crippen molar-refractivity contribution in [1.29, 1.82) is 0 Å². The van der Waals surface area contributed by atoms with Crippen LogP contribution in [0.25, 0.3) is 0 Å². The summed E-state index contributed by atoms with van der Waals surface area (Å²) >= 11 is 3.45. The van der Waals surface area contributed by atoms with Gasteiger partial charge >= 0.3 is 0 Å². The van der Waals surface area contributed by atoms with E-state index in [1.807, 2.05) is 12.3 Å². The van der Waals surface area contributed by atoms with Crippen LogP contribution < -0.4 is 0 Å². The second kappa shape index (κ2) is 6.20. The molecule has 0 spiro atoms. The highest BCUT2D eigenvalue weighted by molar-refractivity contribution is 7.12. The molecule has 0 saturated carbocycles. The molecule has 5 heterocycles. The van der Waals surface area contributed by atoms with Crippen molar-refractivity contribution < 1.29 is 0 Å². The van der Waals surface area contributed by atoms with Crippen LogP contribution in [0.15, 0.2) is 63.3 Å². The van der Waals surface area contributed by atoms with Gasteiger partial charge in [0.15, 0.2) is 5.82 Å². The lowest BCUT2D eigenvalue weighted by atomic mass is 10.1. The Morgan fingerprint density at radius 1 is 1.00 bits per heavy atom. The molecule has 3 aromatic heterocycles. The third kappa shape index (κ3) is 2.62. The van der Waals surface area contributed by atoms with E-state index in [4.69, 9.17) is 9.98 Å². The molecule has 0 amide bonds. The number of thiophene rings is 2. The fraction of sp³-hybridized carbons (Fsp3) is 0.211. The van der Waals surface area contributed by atoms with Crippen molar-refractivity contribution in [1.82, 2.24) is 9.88 Å². The average molecular weight is 364 g/mol. The molecule has 4 nitrogen and oxygen atoms in total. The van der Waals surface area contributed by atoms with Crippen LogP contribution in [-0.4, -0.2) is 34.5 Å². The molecule has 124 valence electrons. The van der Waals surface area contributed by atoms with Crippen molar-refractivity contribution in [3.05, 3.63) is 68.7 Å². The minimum Gasteiger partial charge on any atom is -0.358 e. The molecule has 2 aliphatic heterocycles. The number of amidine groups is 1. The Kier molecular flexibility index (Phi) is 3.72. The fourth-order valence-corrected chi connectivity index (χ4v) is 4.63. The Balaban J connectivity index is 1.74. The molecule has 0 aromatic carbocycles. The van der Waals surface area contributed by atoms with Crippen LogP contribution >= 0.6 is 22.7 Å². The number of hydrogen-bond donors (Lipinski definition) is 0. The first-order valence-corrected chi connectivity index (χ1v) is 10.1. The highest BCUT2D eigenvalue weighted by Gasteiger charge is 2.31. The summed E-state index contributed by atoms with van der Waals surface area (Å²) in [5, 5.41) is 4.20. The number of nitrogens with zero attached hydrogens (tertiary/aromatic N) is 4. The molecule has 0 radical (unpaired) electrons. The number of aliphatic imine (C=N–C) groups is 2. The van der Waals surface area contributed by atoms with Gasteiger partial charge < -0.3 is 4.90 Å². The van der Waals surface area contributed by atoms with Crippen molar-refractivity contribution in [3.8, 4) is 0 Å². The van der Waals surface area contributed by atoms with E-state index in [9.17, 15) is 0 Å². The normalized spacial score (nSPS) is 19.5. The average Bonchev–Trinajstić information content (AvgIpc) is 3.26. The Labute approximate surface area is 154 Å². The molecule has 1 atom stereocenters. The van der Waals surface area contributed by atoms with Gasteiger partial charge in [-0.1, -0.05) is 12.1 Å². The molecule has 5 rings (SSSR count). The SMILES string of the molecule is c1csc(C2=NC(c3cccs3)C(N3CCC3)=Nc3ncccc32)c1. The van der Waals surface area contributed by atoms with E-state index in [2.05, 4.69) is 51.0 Å². The van der Waals surface area contributed by atoms with Crippen LogP contribution in [0, 0.1) is 0 Å². The maximum absolute atomic E-state index is 5.21. The number of pyridine rings is 1. The summed E-state index contributed by atoms with van der Waals surface area (Å²) in [6, 6.07) is 12.4. The van der Waals surface area contributed by atoms with E-state index < -0.39 is 0 Å². The number of aromatic nitrogens is 1. The van der Waals surface area contributed by atoms with Gasteiger partial charge in [-0.2, -0.15) is 0 Å². The van der Waals surface area contributed by atoms with Gasteiger partial charge in [0, 0.05) is 29.7 Å². The number of likely N-dealkylation sites (tertiary alicyclic amines) is 1. The maximum atomic E-state index is 5.21. The van der Waals surface area contributed by atoms with Gasteiger partial charge in [0.25, 0.3) is 0 Å². The molecule has 3 aromatic rings. The molecule has 2 aliphatic rings. The van der Waals surface area contributed by atoms with Crippen LogP contribution in [0.1, 0.15) is 27.8 Å². The summed E-state index contributed by atoms with van der Waals surface area (Å²) in [4.78, 5) is 19.5. The molecule has 1 saturated heterocycles. The number of rotatable bonds is 2. The van der Waals surface area contributed by atoms with Gasteiger partial charge in [-0.3, -0.25) is 4.99 Å². The first kappa shape index (κ1) is 15.0. The quantitative estimate of drug-likeness (QED) is 0.670. The molecule has 0 bridgehead atoms. The third-order valence-electron chi connectivity index (χ3n) is 4.51. The lowest BCUT2D eigenvalue weighted by Gasteiger charge is -2.35. The van der Waals surface area contributed by atoms with Crippen molar-refractivity contribution in [2.24, 2.45) is 9.98 Å². The predicted molar refractivity (Wildman–Crippen MR) is 105 cm³/mol. The van der Waals surface area contributed by atoms with Crippen molar-refractivity contribution in [3.63, 3.8) is 0 Å². The molecule has 1 fully saturated rings. The van der Waals surface area contributed by atoms with Crippen LogP contribution in [0.5, 0.6) is 0 Å². The Morgan fingerprint density at radius 2 is 1.88 bits per heavy atom. The summed E-state index contributed by atoms with van der Waals surface area (Å²) < 4.78 is 0. The summed E-state index contributed by atoms with van der Waals surface area (Å²) in [6.07, 6.45) is 3.03. The summed E-state index contributed by atoms with van der Waals surface area (Å²) in [5.74, 6) is 1.80. The first-order valence-electron chi connectivity index (χ1n) is 8.34. The topological polar surface area (TPSA) is 40.9 Å². The van der Waals surface area contributed by atoms with E-state index >= 15 is 0 Å². The summed E-state index contributed by atoms with van der Waals surface area (Å²) in [7, 11) is 0. The first-order chi connectivity index (χ1) is 12.4. The molecular formula is C19H16N4S2. The standard InChI is InChI=1S/C19H16N4S2/c1-5-13-16(14-6-2-11-24-14)21-17(15-7-3-12-25-15)19(23-9-4-10-23)22-18(13)20-8-1/h1-3,5-8,11-12,17H,4,9-10H2. The summed E-state index contributed by atoms with van der Waals surface area (Å²) in [5.41, 5.74) is 2.01. The Hall–Kier alpha value is -2.31. The van der Waals surface area contributed by atoms with Crippen molar-refractivity contribution in [2.45, 2.75) is 12.5 Å². The largest absolute Gasteiger partial charge is 0.358 e. The van der Waals surface area contributed by atoms with Crippen molar-refractivity contribution >= 4 is 40.0 Å². The summed E-state index contributed by atoms with van der Waals surface area (Å²) in [6.45, 7) is 2.10. The smallest absolute Gasteiger partial charge is 0.163 e. The minimum absolute atomic E-state index is 0.0633. The molecular weight excluding hydrogens is 348 g/mol. The van der Waals surface area contributed by atoms with E-state index in [0.29, 0.717) is 0 Å². The maximum Gasteiger partial charge on any atom is 0.163 e. The second-order valence-corrected chi connectivity index (χ2v) is 7.99. The van der Waals surface area contributed by atoms with Gasteiger partial charge in [-0.25, -0.2) is 9.98 Å². The zero-order chi connectivity index (χ0) is 16.6. The molecule has 0 aliphatic carbocycles.